The predicted octanol–water partition coefficient (Wildman–Crippen LogP) is 5.89. The van der Waals surface area contributed by atoms with Gasteiger partial charge in [-0.15, -0.1) is 0 Å². The van der Waals surface area contributed by atoms with Crippen molar-refractivity contribution in [2.45, 2.75) is 13.2 Å². The third kappa shape index (κ3) is 5.91. The van der Waals surface area contributed by atoms with Crippen LogP contribution in [-0.4, -0.2) is 5.97 Å². The Bertz CT molecular complexity index is 1380. The van der Waals surface area contributed by atoms with E-state index in [0.29, 0.717) is 34.6 Å². The van der Waals surface area contributed by atoms with E-state index in [4.69, 9.17) is 9.47 Å². The van der Waals surface area contributed by atoms with Crippen LogP contribution in [0.3, 0.4) is 0 Å². The molecule has 4 aromatic rings. The summed E-state index contributed by atoms with van der Waals surface area (Å²) in [7, 11) is 0. The molecular formula is C30H21NO3. The summed E-state index contributed by atoms with van der Waals surface area (Å²) in [5, 5.41) is 9.32. The van der Waals surface area contributed by atoms with Crippen LogP contribution in [0.25, 0.3) is 0 Å². The van der Waals surface area contributed by atoms with Gasteiger partial charge in [-0.2, -0.15) is 5.26 Å². The van der Waals surface area contributed by atoms with Gasteiger partial charge >= 0.3 is 5.97 Å². The number of hydrogen-bond acceptors (Lipinski definition) is 4. The quantitative estimate of drug-likeness (QED) is 0.275. The second-order valence-electron chi connectivity index (χ2n) is 7.45. The zero-order valence-electron chi connectivity index (χ0n) is 18.4. The van der Waals surface area contributed by atoms with Crippen molar-refractivity contribution in [2.24, 2.45) is 0 Å². The lowest BCUT2D eigenvalue weighted by molar-refractivity contribution is 0.0472. The second kappa shape index (κ2) is 11.2. The molecule has 0 bridgehead atoms. The number of carbonyl (C=O) groups is 1. The fraction of sp³-hybridized carbons (Fsp3) is 0.0667. The first-order valence-electron chi connectivity index (χ1n) is 10.8. The first-order valence-corrected chi connectivity index (χ1v) is 10.8. The fourth-order valence-electron chi connectivity index (χ4n) is 3.26. The number of nitriles is 1. The van der Waals surface area contributed by atoms with E-state index >= 15 is 0 Å². The summed E-state index contributed by atoms with van der Waals surface area (Å²) in [5.74, 6) is 6.26. The predicted molar refractivity (Wildman–Crippen MR) is 130 cm³/mol. The largest absolute Gasteiger partial charge is 0.488 e. The normalized spacial score (nSPS) is 9.85. The van der Waals surface area contributed by atoms with E-state index in [2.05, 4.69) is 17.9 Å². The number of carbonyl (C=O) groups excluding carboxylic acids is 1. The minimum Gasteiger partial charge on any atom is -0.488 e. The van der Waals surface area contributed by atoms with Gasteiger partial charge in [-0.3, -0.25) is 0 Å². The molecule has 0 N–H and O–H groups in total. The number of ether oxygens (including phenoxy) is 2. The minimum atomic E-state index is -0.444. The Morgan fingerprint density at radius 3 is 2.03 bits per heavy atom. The zero-order valence-corrected chi connectivity index (χ0v) is 18.4. The Kier molecular flexibility index (Phi) is 7.36. The lowest BCUT2D eigenvalue weighted by Crippen LogP contribution is -2.07. The van der Waals surface area contributed by atoms with E-state index in [1.54, 1.807) is 36.4 Å². The van der Waals surface area contributed by atoms with E-state index in [9.17, 15) is 10.1 Å². The van der Waals surface area contributed by atoms with E-state index in [-0.39, 0.29) is 6.61 Å². The summed E-state index contributed by atoms with van der Waals surface area (Å²) in [5.41, 5.74) is 3.91. The summed E-state index contributed by atoms with van der Waals surface area (Å²) >= 11 is 0. The molecule has 0 radical (unpaired) electrons. The van der Waals surface area contributed by atoms with Gasteiger partial charge in [0.1, 0.15) is 19.0 Å². The van der Waals surface area contributed by atoms with Crippen molar-refractivity contribution in [2.75, 3.05) is 0 Å². The smallest absolute Gasteiger partial charge is 0.339 e. The van der Waals surface area contributed by atoms with Crippen LogP contribution in [0.5, 0.6) is 5.75 Å². The molecule has 0 atom stereocenters. The van der Waals surface area contributed by atoms with Crippen molar-refractivity contribution in [1.82, 2.24) is 0 Å². The fourth-order valence-corrected chi connectivity index (χ4v) is 3.26. The van der Waals surface area contributed by atoms with Crippen molar-refractivity contribution < 1.29 is 14.3 Å². The van der Waals surface area contributed by atoms with Crippen LogP contribution in [0.1, 0.15) is 38.2 Å². The van der Waals surface area contributed by atoms with Crippen LogP contribution >= 0.6 is 0 Å². The molecule has 164 valence electrons. The van der Waals surface area contributed by atoms with Crippen LogP contribution in [0.15, 0.2) is 103 Å². The molecule has 4 aromatic carbocycles. The molecule has 0 unspecified atom stereocenters. The van der Waals surface area contributed by atoms with Gasteiger partial charge in [-0.25, -0.2) is 4.79 Å². The first kappa shape index (κ1) is 22.4. The van der Waals surface area contributed by atoms with E-state index in [1.807, 2.05) is 66.7 Å². The number of rotatable bonds is 6. The molecule has 0 amide bonds. The summed E-state index contributed by atoms with van der Waals surface area (Å²) in [6.07, 6.45) is 0. The van der Waals surface area contributed by atoms with Crippen molar-refractivity contribution >= 4 is 5.97 Å². The molecule has 0 aromatic heterocycles. The highest BCUT2D eigenvalue weighted by atomic mass is 16.5. The summed E-state index contributed by atoms with van der Waals surface area (Å²) in [6, 6.07) is 33.6. The maximum Gasteiger partial charge on any atom is 0.339 e. The molecule has 4 heteroatoms. The minimum absolute atomic E-state index is 0.184. The molecule has 4 rings (SSSR count). The number of nitrogens with zero attached hydrogens (tertiary/aromatic N) is 1. The summed E-state index contributed by atoms with van der Waals surface area (Å²) in [6.45, 7) is 0.562. The Morgan fingerprint density at radius 2 is 1.32 bits per heavy atom. The molecule has 0 aliphatic heterocycles. The monoisotopic (exact) mass is 443 g/mol. The van der Waals surface area contributed by atoms with E-state index in [1.165, 1.54) is 0 Å². The van der Waals surface area contributed by atoms with Crippen LogP contribution in [0.4, 0.5) is 0 Å². The standard InChI is InChI=1S/C30H21NO3/c31-20-25-15-18-29(33-21-23-9-3-1-4-10-23)27(19-25)17-16-26-13-7-8-14-28(26)30(32)34-22-24-11-5-2-6-12-24/h1-15,18-19H,21-22H2. The van der Waals surface area contributed by atoms with Gasteiger partial charge in [0.05, 0.1) is 22.8 Å². The Hall–Kier alpha value is -4.80. The number of benzene rings is 4. The average Bonchev–Trinajstić information content (AvgIpc) is 2.91. The molecule has 0 heterocycles. The molecule has 0 fully saturated rings. The molecule has 0 aliphatic rings. The van der Waals surface area contributed by atoms with E-state index in [0.717, 1.165) is 11.1 Å². The average molecular weight is 444 g/mol. The van der Waals surface area contributed by atoms with Crippen molar-refractivity contribution in [1.29, 1.82) is 5.26 Å². The molecule has 34 heavy (non-hydrogen) atoms. The zero-order chi connectivity index (χ0) is 23.6. The highest BCUT2D eigenvalue weighted by Gasteiger charge is 2.12. The van der Waals surface area contributed by atoms with Gasteiger partial charge in [0.15, 0.2) is 0 Å². The van der Waals surface area contributed by atoms with Crippen molar-refractivity contribution in [3.8, 4) is 23.7 Å². The third-order valence-corrected chi connectivity index (χ3v) is 5.04. The Morgan fingerprint density at radius 1 is 0.706 bits per heavy atom. The lowest BCUT2D eigenvalue weighted by Gasteiger charge is -2.09. The third-order valence-electron chi connectivity index (χ3n) is 5.04. The molecule has 0 spiro atoms. The second-order valence-corrected chi connectivity index (χ2v) is 7.45. The molecule has 4 nitrogen and oxygen atoms in total. The molecule has 0 aliphatic carbocycles. The first-order chi connectivity index (χ1) is 16.7. The van der Waals surface area contributed by atoms with Crippen molar-refractivity contribution in [3.05, 3.63) is 137 Å². The highest BCUT2D eigenvalue weighted by molar-refractivity contribution is 5.92. The van der Waals surface area contributed by atoms with Gasteiger partial charge in [-0.05, 0) is 41.5 Å². The van der Waals surface area contributed by atoms with Gasteiger partial charge in [-0.1, -0.05) is 84.6 Å². The molecular weight excluding hydrogens is 422 g/mol. The van der Waals surface area contributed by atoms with Gasteiger partial charge in [0, 0.05) is 5.56 Å². The Labute approximate surface area is 199 Å². The summed E-state index contributed by atoms with van der Waals surface area (Å²) in [4.78, 5) is 12.7. The highest BCUT2D eigenvalue weighted by Crippen LogP contribution is 2.21. The van der Waals surface area contributed by atoms with Gasteiger partial charge < -0.3 is 9.47 Å². The molecule has 0 saturated carbocycles. The van der Waals surface area contributed by atoms with Gasteiger partial charge in [0.2, 0.25) is 0 Å². The topological polar surface area (TPSA) is 59.3 Å². The van der Waals surface area contributed by atoms with Gasteiger partial charge in [0.25, 0.3) is 0 Å². The summed E-state index contributed by atoms with van der Waals surface area (Å²) < 4.78 is 11.5. The van der Waals surface area contributed by atoms with Crippen LogP contribution in [0.2, 0.25) is 0 Å². The maximum atomic E-state index is 12.7. The molecule has 0 saturated heterocycles. The number of hydrogen-bond donors (Lipinski definition) is 0. The number of esters is 1. The van der Waals surface area contributed by atoms with Crippen LogP contribution in [0, 0.1) is 23.2 Å². The van der Waals surface area contributed by atoms with E-state index < -0.39 is 5.97 Å². The van der Waals surface area contributed by atoms with Crippen LogP contribution in [-0.2, 0) is 18.0 Å². The SMILES string of the molecule is N#Cc1ccc(OCc2ccccc2)c(C#Cc2ccccc2C(=O)OCc2ccccc2)c1. The van der Waals surface area contributed by atoms with Crippen molar-refractivity contribution in [3.63, 3.8) is 0 Å². The van der Waals surface area contributed by atoms with Crippen LogP contribution < -0.4 is 4.74 Å². The lowest BCUT2D eigenvalue weighted by atomic mass is 10.1. The maximum absolute atomic E-state index is 12.7. The Balaban J connectivity index is 1.56.